The molecule has 1 aliphatic heterocycles. The van der Waals surface area contributed by atoms with Gasteiger partial charge in [-0.15, -0.1) is 0 Å². The fourth-order valence-electron chi connectivity index (χ4n) is 2.51. The van der Waals surface area contributed by atoms with Crippen LogP contribution in [0.4, 0.5) is 4.79 Å². The molecular formula is C17H24N2O6. The van der Waals surface area contributed by atoms with Crippen molar-refractivity contribution < 1.29 is 23.9 Å². The maximum absolute atomic E-state index is 12.0. The van der Waals surface area contributed by atoms with Crippen molar-refractivity contribution in [3.05, 3.63) is 46.0 Å². The minimum absolute atomic E-state index is 0.383. The zero-order chi connectivity index (χ0) is 18.4. The van der Waals surface area contributed by atoms with Crippen LogP contribution in [0.2, 0.25) is 0 Å². The summed E-state index contributed by atoms with van der Waals surface area (Å²) in [7, 11) is 0. The van der Waals surface area contributed by atoms with Gasteiger partial charge in [0.15, 0.2) is 6.29 Å². The molecule has 1 aromatic carbocycles. The van der Waals surface area contributed by atoms with Crippen molar-refractivity contribution in [2.24, 2.45) is 0 Å². The van der Waals surface area contributed by atoms with E-state index in [0.717, 1.165) is 5.56 Å². The second kappa shape index (κ2) is 8.26. The zero-order valence-corrected chi connectivity index (χ0v) is 14.6. The van der Waals surface area contributed by atoms with Gasteiger partial charge in [0.25, 0.3) is 0 Å². The summed E-state index contributed by atoms with van der Waals surface area (Å²) in [4.78, 5) is 22.5. The van der Waals surface area contributed by atoms with E-state index in [1.807, 2.05) is 30.3 Å². The summed E-state index contributed by atoms with van der Waals surface area (Å²) in [6.45, 7) is 5.11. The van der Waals surface area contributed by atoms with Crippen molar-refractivity contribution in [3.63, 3.8) is 0 Å². The lowest BCUT2D eigenvalue weighted by molar-refractivity contribution is -0.486. The standard InChI is InChI=1S/C17H24N2O6/c1-17(2,3)25-16(20)18-13(11-19(21)22)14-9-10-23-15(24-14)12-7-5-4-6-8-12/h4-8,13-15H,9-11H2,1-3H3,(H,18,20)/t13?,14-,15-/m1/s1. The largest absolute Gasteiger partial charge is 0.444 e. The molecule has 1 N–H and O–H groups in total. The Labute approximate surface area is 146 Å². The van der Waals surface area contributed by atoms with Crippen LogP contribution in [0.3, 0.4) is 0 Å². The molecule has 2 rings (SSSR count). The van der Waals surface area contributed by atoms with Gasteiger partial charge in [0, 0.05) is 10.5 Å². The van der Waals surface area contributed by atoms with Gasteiger partial charge >= 0.3 is 6.09 Å². The molecule has 0 aliphatic carbocycles. The molecule has 1 fully saturated rings. The Morgan fingerprint density at radius 3 is 2.68 bits per heavy atom. The first kappa shape index (κ1) is 19.1. The first-order valence-corrected chi connectivity index (χ1v) is 8.18. The monoisotopic (exact) mass is 352 g/mol. The summed E-state index contributed by atoms with van der Waals surface area (Å²) in [5, 5.41) is 13.6. The van der Waals surface area contributed by atoms with E-state index in [4.69, 9.17) is 14.2 Å². The highest BCUT2D eigenvalue weighted by Crippen LogP contribution is 2.27. The van der Waals surface area contributed by atoms with Crippen LogP contribution in [-0.4, -0.2) is 41.9 Å². The summed E-state index contributed by atoms with van der Waals surface area (Å²) in [6, 6.07) is 8.51. The molecule has 0 saturated carbocycles. The smallest absolute Gasteiger partial charge is 0.408 e. The van der Waals surface area contributed by atoms with Crippen molar-refractivity contribution in [1.29, 1.82) is 0 Å². The molecule has 25 heavy (non-hydrogen) atoms. The summed E-state index contributed by atoms with van der Waals surface area (Å²) in [6.07, 6.45) is -1.42. The third kappa shape index (κ3) is 6.32. The molecule has 3 atom stereocenters. The van der Waals surface area contributed by atoms with E-state index in [1.165, 1.54) is 0 Å². The maximum atomic E-state index is 12.0. The molecule has 0 radical (unpaired) electrons. The fraction of sp³-hybridized carbons (Fsp3) is 0.588. The van der Waals surface area contributed by atoms with Crippen LogP contribution in [0.1, 0.15) is 39.0 Å². The lowest BCUT2D eigenvalue weighted by Gasteiger charge is -2.34. The number of alkyl carbamates (subject to hydrolysis) is 1. The molecule has 0 aromatic heterocycles. The molecule has 8 nitrogen and oxygen atoms in total. The van der Waals surface area contributed by atoms with Crippen LogP contribution in [0.15, 0.2) is 30.3 Å². The highest BCUT2D eigenvalue weighted by Gasteiger charge is 2.35. The number of rotatable bonds is 5. The van der Waals surface area contributed by atoms with Crippen LogP contribution in [0.25, 0.3) is 0 Å². The number of hydrogen-bond acceptors (Lipinski definition) is 6. The molecule has 1 aromatic rings. The van der Waals surface area contributed by atoms with E-state index < -0.39 is 41.6 Å². The van der Waals surface area contributed by atoms with Crippen LogP contribution < -0.4 is 5.32 Å². The van der Waals surface area contributed by atoms with Gasteiger partial charge in [-0.1, -0.05) is 30.3 Å². The van der Waals surface area contributed by atoms with Crippen molar-refractivity contribution in [1.82, 2.24) is 5.32 Å². The average Bonchev–Trinajstić information content (AvgIpc) is 2.53. The first-order chi connectivity index (χ1) is 11.7. The van der Waals surface area contributed by atoms with Gasteiger partial charge in [0.1, 0.15) is 11.6 Å². The molecule has 1 heterocycles. The lowest BCUT2D eigenvalue weighted by Crippen LogP contribution is -2.51. The third-order valence-corrected chi connectivity index (χ3v) is 3.54. The van der Waals surface area contributed by atoms with Gasteiger partial charge < -0.3 is 19.5 Å². The highest BCUT2D eigenvalue weighted by atomic mass is 16.7. The molecule has 138 valence electrons. The van der Waals surface area contributed by atoms with Gasteiger partial charge in [-0.25, -0.2) is 4.79 Å². The number of ether oxygens (including phenoxy) is 3. The number of carbonyl (C=O) groups is 1. The van der Waals surface area contributed by atoms with E-state index in [2.05, 4.69) is 5.32 Å². The topological polar surface area (TPSA) is 99.9 Å². The SMILES string of the molecule is CC(C)(C)OC(=O)NC(C[N+](=O)[O-])[C@H]1CCO[C@@H](c2ccccc2)O1. The Bertz CT molecular complexity index is 587. The van der Waals surface area contributed by atoms with Gasteiger partial charge in [-0.3, -0.25) is 10.1 Å². The molecule has 1 unspecified atom stereocenters. The Kier molecular flexibility index (Phi) is 6.33. The van der Waals surface area contributed by atoms with Gasteiger partial charge in [-0.05, 0) is 27.2 Å². The van der Waals surface area contributed by atoms with Gasteiger partial charge in [0.05, 0.1) is 12.7 Å². The van der Waals surface area contributed by atoms with Crippen LogP contribution in [-0.2, 0) is 14.2 Å². The van der Waals surface area contributed by atoms with E-state index in [1.54, 1.807) is 20.8 Å². The molecule has 0 bridgehead atoms. The summed E-state index contributed by atoms with van der Waals surface area (Å²) < 4.78 is 16.7. The van der Waals surface area contributed by atoms with E-state index in [0.29, 0.717) is 13.0 Å². The second-order valence-corrected chi connectivity index (χ2v) is 6.84. The highest BCUT2D eigenvalue weighted by molar-refractivity contribution is 5.68. The number of benzene rings is 1. The molecule has 8 heteroatoms. The Morgan fingerprint density at radius 2 is 2.08 bits per heavy atom. The minimum atomic E-state index is -0.806. The number of hydrogen-bond donors (Lipinski definition) is 1. The lowest BCUT2D eigenvalue weighted by atomic mass is 10.1. The van der Waals surface area contributed by atoms with Crippen molar-refractivity contribution in [2.75, 3.05) is 13.2 Å². The Morgan fingerprint density at radius 1 is 1.40 bits per heavy atom. The predicted molar refractivity (Wildman–Crippen MR) is 89.6 cm³/mol. The normalized spacial score (nSPS) is 22.0. The molecular weight excluding hydrogens is 328 g/mol. The fourth-order valence-corrected chi connectivity index (χ4v) is 2.51. The number of nitrogens with zero attached hydrogens (tertiary/aromatic N) is 1. The summed E-state index contributed by atoms with van der Waals surface area (Å²) in [5.74, 6) is 0. The van der Waals surface area contributed by atoms with E-state index in [9.17, 15) is 14.9 Å². The van der Waals surface area contributed by atoms with Crippen molar-refractivity contribution in [2.45, 2.75) is 51.2 Å². The number of nitrogens with one attached hydrogen (secondary N) is 1. The Balaban J connectivity index is 2.05. The summed E-state index contributed by atoms with van der Waals surface area (Å²) in [5.41, 5.74) is 0.135. The maximum Gasteiger partial charge on any atom is 0.408 e. The second-order valence-electron chi connectivity index (χ2n) is 6.84. The first-order valence-electron chi connectivity index (χ1n) is 8.18. The number of amides is 1. The van der Waals surface area contributed by atoms with Crippen molar-refractivity contribution >= 4 is 6.09 Å². The number of nitro groups is 1. The van der Waals surface area contributed by atoms with Crippen LogP contribution >= 0.6 is 0 Å². The van der Waals surface area contributed by atoms with Crippen molar-refractivity contribution in [3.8, 4) is 0 Å². The quantitative estimate of drug-likeness (QED) is 0.646. The average molecular weight is 352 g/mol. The van der Waals surface area contributed by atoms with E-state index >= 15 is 0 Å². The number of carbonyl (C=O) groups excluding carboxylic acids is 1. The molecule has 1 amide bonds. The predicted octanol–water partition coefficient (Wildman–Crippen LogP) is 2.66. The summed E-state index contributed by atoms with van der Waals surface area (Å²) >= 11 is 0. The van der Waals surface area contributed by atoms with Crippen LogP contribution in [0, 0.1) is 10.1 Å². The zero-order valence-electron chi connectivity index (χ0n) is 14.6. The molecule has 1 aliphatic rings. The minimum Gasteiger partial charge on any atom is -0.444 e. The Hall–Kier alpha value is -2.19. The molecule has 0 spiro atoms. The van der Waals surface area contributed by atoms with Gasteiger partial charge in [-0.2, -0.15) is 0 Å². The molecule has 1 saturated heterocycles. The van der Waals surface area contributed by atoms with Crippen LogP contribution in [0.5, 0.6) is 0 Å². The van der Waals surface area contributed by atoms with Gasteiger partial charge in [0.2, 0.25) is 6.54 Å². The third-order valence-electron chi connectivity index (χ3n) is 3.54. The van der Waals surface area contributed by atoms with E-state index in [-0.39, 0.29) is 0 Å².